The predicted octanol–water partition coefficient (Wildman–Crippen LogP) is 12.8. The highest BCUT2D eigenvalue weighted by Gasteiger charge is 2.40. The van der Waals surface area contributed by atoms with Gasteiger partial charge in [-0.15, -0.1) is 0 Å². The summed E-state index contributed by atoms with van der Waals surface area (Å²) in [5.41, 5.74) is 12.8. The third-order valence-corrected chi connectivity index (χ3v) is 24.1. The Morgan fingerprint density at radius 2 is 0.922 bits per heavy atom. The van der Waals surface area contributed by atoms with Crippen LogP contribution in [-0.4, -0.2) is 199 Å². The van der Waals surface area contributed by atoms with Crippen LogP contribution in [0.5, 0.6) is 0 Å². The van der Waals surface area contributed by atoms with Crippen molar-refractivity contribution >= 4 is 68.9 Å². The van der Waals surface area contributed by atoms with Gasteiger partial charge in [-0.3, -0.25) is 9.89 Å². The monoisotopic (exact) mass is 1870 g/mol. The maximum absolute atomic E-state index is 14.4. The number of nitrogens with two attached hydrogens (primary N) is 2. The third kappa shape index (κ3) is 27.1. The van der Waals surface area contributed by atoms with Crippen LogP contribution in [0, 0.1) is 46.5 Å². The summed E-state index contributed by atoms with van der Waals surface area (Å²) in [7, 11) is 7.30. The van der Waals surface area contributed by atoms with Gasteiger partial charge in [-0.1, -0.05) is 166 Å². The quantitative estimate of drug-likeness (QED) is 0.0146. The molecule has 1 aliphatic carbocycles. The van der Waals surface area contributed by atoms with Gasteiger partial charge in [0.15, 0.2) is 6.40 Å². The van der Waals surface area contributed by atoms with E-state index in [9.17, 15) is 59.6 Å². The average Bonchev–Trinajstić information content (AvgIpc) is 1.67. The fraction of sp³-hybridized carbons (Fsp3) is 0.351. The molecule has 1 saturated carbocycles. The Bertz CT molecular complexity index is 5240. The fourth-order valence-electron chi connectivity index (χ4n) is 16.9. The molecule has 3 fully saturated rings. The van der Waals surface area contributed by atoms with E-state index in [1.165, 1.54) is 54.9 Å². The smallest absolute Gasteiger partial charge is 0.416 e. The van der Waals surface area contributed by atoms with Crippen molar-refractivity contribution in [2.24, 2.45) is 17.8 Å². The van der Waals surface area contributed by atoms with Crippen molar-refractivity contribution in [3.8, 4) is 0 Å². The van der Waals surface area contributed by atoms with E-state index < -0.39 is 60.6 Å². The van der Waals surface area contributed by atoms with E-state index in [1.54, 1.807) is 51.6 Å². The van der Waals surface area contributed by atoms with Gasteiger partial charge in [0, 0.05) is 85.9 Å². The van der Waals surface area contributed by atoms with E-state index >= 15 is 0 Å². The molecule has 9 aromatic rings. The van der Waals surface area contributed by atoms with E-state index in [-0.39, 0.29) is 120 Å². The molecule has 31 heteroatoms. The number of piperidine rings is 2. The lowest BCUT2D eigenvalue weighted by atomic mass is 9.82. The van der Waals surface area contributed by atoms with Crippen molar-refractivity contribution in [2.45, 2.75) is 134 Å². The molecule has 674 valence electrons. The number of imidazole rings is 1. The van der Waals surface area contributed by atoms with Crippen molar-refractivity contribution in [1.29, 1.82) is 0 Å². The molecular formula is C97H114B3F8IN13O6+. The molecule has 5 amide bonds. The van der Waals surface area contributed by atoms with Gasteiger partial charge in [-0.25, -0.2) is 54.1 Å². The largest absolute Gasteiger partial charge is 1.00 e. The molecule has 16 rings (SSSR count). The number of aryl methyl sites for hydroxylation is 1. The van der Waals surface area contributed by atoms with Crippen molar-refractivity contribution < 1.29 is 98.1 Å². The van der Waals surface area contributed by atoms with Crippen LogP contribution in [0.25, 0.3) is 22.3 Å². The number of amides is 5. The molecule has 7 heterocycles. The summed E-state index contributed by atoms with van der Waals surface area (Å²) in [6.07, 6.45) is 21.5. The van der Waals surface area contributed by atoms with Crippen LogP contribution in [0.4, 0.5) is 49.5 Å². The van der Waals surface area contributed by atoms with E-state index in [1.807, 2.05) is 174 Å². The second-order valence-electron chi connectivity index (χ2n) is 32.6. The van der Waals surface area contributed by atoms with Gasteiger partial charge in [0.05, 0.1) is 50.8 Å². The maximum Gasteiger partial charge on any atom is 0.416 e. The Hall–Kier alpha value is -10.5. The van der Waals surface area contributed by atoms with E-state index in [2.05, 4.69) is 46.0 Å². The van der Waals surface area contributed by atoms with Crippen molar-refractivity contribution in [2.75, 3.05) is 79.0 Å². The Kier molecular flexibility index (Phi) is 38.0. The number of carbonyl (C=O) groups is 3. The second kappa shape index (κ2) is 48.8. The normalized spacial score (nSPS) is 19.3. The van der Waals surface area contributed by atoms with Crippen LogP contribution in [0.2, 0.25) is 13.6 Å². The molecule has 128 heavy (non-hydrogen) atoms. The molecule has 2 radical (unpaired) electrons. The summed E-state index contributed by atoms with van der Waals surface area (Å²) in [5, 5.41) is 25.1. The minimum absolute atomic E-state index is 0. The van der Waals surface area contributed by atoms with E-state index in [0.717, 1.165) is 135 Å². The van der Waals surface area contributed by atoms with Gasteiger partial charge in [-0.05, 0) is 202 Å². The van der Waals surface area contributed by atoms with Gasteiger partial charge in [-0.2, -0.15) is 4.57 Å². The number of rotatable bonds is 17. The first-order valence-electron chi connectivity index (χ1n) is 43.5. The zero-order valence-electron chi connectivity index (χ0n) is 73.4. The van der Waals surface area contributed by atoms with Crippen molar-refractivity contribution in [3.63, 3.8) is 0 Å². The molecule has 7 aliphatic rings. The van der Waals surface area contributed by atoms with Gasteiger partial charge >= 0.3 is 40.2 Å². The highest BCUT2D eigenvalue weighted by atomic mass is 127. The lowest BCUT2D eigenvalue weighted by Gasteiger charge is -2.35. The molecule has 7 N–H and O–H groups in total. The average molecular weight is 1870 g/mol. The summed E-state index contributed by atoms with van der Waals surface area (Å²) in [4.78, 5) is 56.8. The summed E-state index contributed by atoms with van der Waals surface area (Å²) < 4.78 is 119. The first kappa shape index (κ1) is 99.7. The number of hydrogen-bond donors (Lipinski definition) is 5. The number of carbonyl (C=O) groups excluding carboxylic acids is 3. The second-order valence-corrected chi connectivity index (χ2v) is 32.6. The van der Waals surface area contributed by atoms with Crippen LogP contribution in [0.3, 0.4) is 0 Å². The van der Waals surface area contributed by atoms with Crippen LogP contribution in [0.1, 0.15) is 141 Å². The van der Waals surface area contributed by atoms with Gasteiger partial charge in [0.2, 0.25) is 0 Å². The Morgan fingerprint density at radius 1 is 0.539 bits per heavy atom. The first-order chi connectivity index (χ1) is 61.2. The van der Waals surface area contributed by atoms with Gasteiger partial charge in [0.25, 0.3) is 6.33 Å². The fourth-order valence-corrected chi connectivity index (χ4v) is 16.9. The topological polar surface area (TPSA) is 199 Å². The predicted molar refractivity (Wildman–Crippen MR) is 485 cm³/mol. The molecular weight excluding hydrogens is 1750 g/mol. The van der Waals surface area contributed by atoms with Crippen LogP contribution >= 0.6 is 0 Å². The molecule has 2 saturated heterocycles. The number of nitrogens with zero attached hydrogens (tertiary/aromatic N) is 10. The number of hydrogen-bond acceptors (Lipinski definition) is 11. The SMILES string of the molecule is CB(O)N1CC(c2cc(F)ccc2F)=C[C@H]1c1ccccc1.CB(O)N1CCC(NC(=O)N2CC(c3cc(F)ccc3F)=C[C@H]2c2ccccc2)CC1.CCN(CC)CC.CN(C(=O)N1CC(c2cc(F)ccc2F)=C[C@H]1c1ccccc1)C1CC[NH2+]CC1.C[n+]1ccn(C(=O)N2CC(c3cc(F)ccc3F)=C[C@H]2c2ccccc2)c1.[B]OC=NC1CCC(N)CC1.[I-]. The van der Waals surface area contributed by atoms with Crippen LogP contribution in [-0.2, 0) is 11.7 Å². The standard InChI is InChI=1S/C23H26BF2N3O2.C23H25F2N3O.C21H18F2N3O.C17H16BF2NO.C7H13BN2O.C6H15N.HI/c1-24(31)28-11-9-19(10-12-28)27-23(30)29-15-17(20-14-18(25)7-8-21(20)26)13-22(29)16-5-3-2-4-6-16;1-27(19-9-11-26-12-10-19)23(29)28-15-17(20-14-18(24)7-8-21(20)25)13-22(28)16-5-3-2-4-6-16;1-24-9-10-25(14-24)21(27)26-13-16(18-12-17(22)7-8-19(18)23)11-20(26)15-5-3-2-4-6-15;1-18(22)21-11-13(15-10-14(19)7-8-16(15)20)9-17(21)12-5-3-2-4-6-12;8-11-5-10-7-3-1-6(9)2-4-7;1-4-7(5-2)6-3;/h2-8,13-14,19,22,31H,9-12,15H2,1H3,(H,27,30);2-8,13-14,19,22,26H,9-12,15H2,1H3;2-12,14,20H,13H2,1H3;2-10,17,22H,11H2,1H3;5-7H,1-4,9H2;4-6H2,1-3H3;1H/q;;+1;;;;/t2*22-;20-;17-;;;/m0000.../s1. The van der Waals surface area contributed by atoms with Crippen LogP contribution in [0.15, 0.2) is 242 Å². The van der Waals surface area contributed by atoms with E-state index in [4.69, 9.17) is 13.8 Å². The first-order valence-corrected chi connectivity index (χ1v) is 43.5. The van der Waals surface area contributed by atoms with E-state index in [0.29, 0.717) is 54.0 Å². The molecule has 0 spiro atoms. The Morgan fingerprint density at radius 3 is 1.30 bits per heavy atom. The molecule has 0 bridgehead atoms. The zero-order chi connectivity index (χ0) is 90.8. The number of nitrogens with one attached hydrogen (secondary N) is 1. The van der Waals surface area contributed by atoms with Crippen molar-refractivity contribution in [3.05, 3.63) is 328 Å². The molecule has 1 aromatic heterocycles. The molecule has 0 unspecified atom stereocenters. The molecule has 4 atom stereocenters. The maximum atomic E-state index is 14.4. The summed E-state index contributed by atoms with van der Waals surface area (Å²) in [6.45, 7) is 18.0. The third-order valence-electron chi connectivity index (χ3n) is 24.1. The molecule has 8 aromatic carbocycles. The molecule has 19 nitrogen and oxygen atoms in total. The summed E-state index contributed by atoms with van der Waals surface area (Å²) in [5.74, 6) is -3.92. The highest BCUT2D eigenvalue weighted by molar-refractivity contribution is 6.46. The lowest BCUT2D eigenvalue weighted by Crippen LogP contribution is -3.00. The van der Waals surface area contributed by atoms with Crippen LogP contribution < -0.4 is 44.9 Å². The number of quaternary nitrogens is 1. The van der Waals surface area contributed by atoms with Gasteiger partial charge < -0.3 is 84.3 Å². The highest BCUT2D eigenvalue weighted by Crippen LogP contribution is 2.41. The minimum Gasteiger partial charge on any atom is -1.00 e. The van der Waals surface area contributed by atoms with Crippen molar-refractivity contribution in [1.82, 2.24) is 44.0 Å². The number of halogens is 9. The van der Waals surface area contributed by atoms with Gasteiger partial charge in [0.1, 0.15) is 58.9 Å². The number of benzene rings is 8. The number of urea groups is 2. The summed E-state index contributed by atoms with van der Waals surface area (Å²) in [6, 6.07) is 51.3. The number of aromatic nitrogens is 2. The zero-order valence-corrected chi connectivity index (χ0v) is 75.6. The minimum atomic E-state index is -0.685. The Labute approximate surface area is 765 Å². The Balaban J connectivity index is 0.000000167. The number of aliphatic imine (C=N–C) groups is 1. The molecule has 6 aliphatic heterocycles. The lowest BCUT2D eigenvalue weighted by molar-refractivity contribution is -0.670. The summed E-state index contributed by atoms with van der Waals surface area (Å²) >= 11 is 0.